The summed E-state index contributed by atoms with van der Waals surface area (Å²) < 4.78 is 40.7. The fourth-order valence-corrected chi connectivity index (χ4v) is 3.46. The van der Waals surface area contributed by atoms with Crippen molar-refractivity contribution in [3.63, 3.8) is 0 Å². The Morgan fingerprint density at radius 3 is 2.25 bits per heavy atom. The summed E-state index contributed by atoms with van der Waals surface area (Å²) in [5, 5.41) is 0. The van der Waals surface area contributed by atoms with Crippen LogP contribution in [0, 0.1) is 10.5 Å². The van der Waals surface area contributed by atoms with Crippen LogP contribution in [0.1, 0.15) is 41.3 Å². The van der Waals surface area contributed by atoms with Crippen molar-refractivity contribution in [2.75, 3.05) is 0 Å². The van der Waals surface area contributed by atoms with Gasteiger partial charge in [0.1, 0.15) is 15.9 Å². The van der Waals surface area contributed by atoms with Crippen LogP contribution in [0.4, 0.5) is 0 Å². The molecule has 2 rings (SSSR count). The van der Waals surface area contributed by atoms with Gasteiger partial charge in [0.05, 0.1) is 10.5 Å². The molecule has 0 aromatic heterocycles. The van der Waals surface area contributed by atoms with E-state index >= 15 is 0 Å². The highest BCUT2D eigenvalue weighted by molar-refractivity contribution is 14.1. The largest absolute Gasteiger partial charge is 0.744 e. The van der Waals surface area contributed by atoms with E-state index in [1.807, 2.05) is 0 Å². The molecule has 128 valence electrons. The normalized spacial score (nSPS) is 11.6. The summed E-state index contributed by atoms with van der Waals surface area (Å²) >= 11 is 2.13. The zero-order valence-electron chi connectivity index (χ0n) is 13.4. The third-order valence-corrected chi connectivity index (χ3v) is 5.09. The monoisotopic (exact) mass is 459 g/mol. The molecule has 24 heavy (non-hydrogen) atoms. The molecule has 2 aromatic carbocycles. The van der Waals surface area contributed by atoms with Crippen LogP contribution in [0.15, 0.2) is 41.3 Å². The molecule has 0 N–H and O–H groups in total. The second-order valence-electron chi connectivity index (χ2n) is 5.66. The molecule has 0 bridgehead atoms. The molecule has 0 saturated carbocycles. The summed E-state index contributed by atoms with van der Waals surface area (Å²) in [7, 11) is -4.59. The molecule has 0 heterocycles. The minimum Gasteiger partial charge on any atom is -0.744 e. The first-order valence-corrected chi connectivity index (χ1v) is 9.66. The van der Waals surface area contributed by atoms with Crippen LogP contribution >= 0.6 is 22.6 Å². The Bertz CT molecular complexity index is 871. The van der Waals surface area contributed by atoms with Gasteiger partial charge in [0.2, 0.25) is 0 Å². The molecule has 2 aromatic rings. The number of halogens is 1. The summed E-state index contributed by atoms with van der Waals surface area (Å²) in [6.07, 6.45) is 0. The highest BCUT2D eigenvalue weighted by Crippen LogP contribution is 2.31. The summed E-state index contributed by atoms with van der Waals surface area (Å²) in [4.78, 5) is 12.0. The van der Waals surface area contributed by atoms with E-state index in [1.54, 1.807) is 45.0 Å². The van der Waals surface area contributed by atoms with Crippen molar-refractivity contribution in [3.05, 3.63) is 56.7 Å². The highest BCUT2D eigenvalue weighted by atomic mass is 127. The van der Waals surface area contributed by atoms with Gasteiger partial charge in [-0.05, 0) is 83.0 Å². The molecule has 0 atom stereocenters. The lowest BCUT2D eigenvalue weighted by atomic mass is 10.0. The highest BCUT2D eigenvalue weighted by Gasteiger charge is 2.18. The minimum atomic E-state index is -4.59. The first-order chi connectivity index (χ1) is 11.1. The standard InChI is InChI=1S/C17H17IO5S/c1-10(2)14-9-15(11(3)8-16(14)24(20,21)22)23-17(19)12-4-6-13(18)7-5-12/h4-10H,1-3H3,(H,20,21,22)/p-1. The van der Waals surface area contributed by atoms with Crippen LogP contribution in [0.25, 0.3) is 0 Å². The Hall–Kier alpha value is -1.45. The molecule has 0 spiro atoms. The van der Waals surface area contributed by atoms with Crippen LogP contribution in [0.3, 0.4) is 0 Å². The second-order valence-corrected chi connectivity index (χ2v) is 8.25. The van der Waals surface area contributed by atoms with E-state index in [9.17, 15) is 17.8 Å². The molecule has 7 heteroatoms. The van der Waals surface area contributed by atoms with Gasteiger partial charge in [-0.1, -0.05) is 13.8 Å². The maximum Gasteiger partial charge on any atom is 0.343 e. The van der Waals surface area contributed by atoms with Gasteiger partial charge in [0.15, 0.2) is 0 Å². The van der Waals surface area contributed by atoms with Crippen molar-refractivity contribution in [3.8, 4) is 5.75 Å². The van der Waals surface area contributed by atoms with Crippen LogP contribution in [-0.2, 0) is 10.1 Å². The van der Waals surface area contributed by atoms with Crippen LogP contribution in [0.2, 0.25) is 0 Å². The Morgan fingerprint density at radius 1 is 1.17 bits per heavy atom. The minimum absolute atomic E-state index is 0.208. The lowest BCUT2D eigenvalue weighted by molar-refractivity contribution is 0.0733. The number of benzene rings is 2. The molecular weight excluding hydrogens is 443 g/mol. The van der Waals surface area contributed by atoms with Gasteiger partial charge in [-0.2, -0.15) is 0 Å². The van der Waals surface area contributed by atoms with E-state index in [1.165, 1.54) is 12.1 Å². The predicted octanol–water partition coefficient (Wildman–Crippen LogP) is 3.85. The van der Waals surface area contributed by atoms with E-state index in [2.05, 4.69) is 22.6 Å². The molecule has 5 nitrogen and oxygen atoms in total. The second kappa shape index (κ2) is 7.20. The first kappa shape index (κ1) is 18.9. The Labute approximate surface area is 154 Å². The third-order valence-electron chi connectivity index (χ3n) is 3.48. The van der Waals surface area contributed by atoms with Gasteiger partial charge in [0.25, 0.3) is 0 Å². The van der Waals surface area contributed by atoms with E-state index in [0.29, 0.717) is 16.7 Å². The molecular formula is C17H16IO5S-. The molecule has 0 aliphatic heterocycles. The SMILES string of the molecule is Cc1cc(S(=O)(=O)[O-])c(C(C)C)cc1OC(=O)c1ccc(I)cc1. The number of carbonyl (C=O) groups is 1. The summed E-state index contributed by atoms with van der Waals surface area (Å²) in [5.41, 5.74) is 1.13. The zero-order valence-corrected chi connectivity index (χ0v) is 16.3. The van der Waals surface area contributed by atoms with Gasteiger partial charge >= 0.3 is 5.97 Å². The van der Waals surface area contributed by atoms with Crippen molar-refractivity contribution in [1.29, 1.82) is 0 Å². The number of hydrogen-bond acceptors (Lipinski definition) is 5. The van der Waals surface area contributed by atoms with Crippen molar-refractivity contribution in [2.45, 2.75) is 31.6 Å². The van der Waals surface area contributed by atoms with Crippen LogP contribution < -0.4 is 4.74 Å². The van der Waals surface area contributed by atoms with Gasteiger partial charge in [-0.3, -0.25) is 0 Å². The summed E-state index contributed by atoms with van der Waals surface area (Å²) in [6, 6.07) is 9.59. The van der Waals surface area contributed by atoms with E-state index < -0.39 is 16.1 Å². The molecule has 0 amide bonds. The zero-order chi connectivity index (χ0) is 18.1. The number of aryl methyl sites for hydroxylation is 1. The fraction of sp³-hybridized carbons (Fsp3) is 0.235. The number of carbonyl (C=O) groups excluding carboxylic acids is 1. The lowest BCUT2D eigenvalue weighted by Crippen LogP contribution is -2.11. The smallest absolute Gasteiger partial charge is 0.343 e. The molecule has 0 saturated heterocycles. The third kappa shape index (κ3) is 4.34. The average Bonchev–Trinajstić information content (AvgIpc) is 2.48. The summed E-state index contributed by atoms with van der Waals surface area (Å²) in [6.45, 7) is 5.13. The molecule has 0 aliphatic rings. The van der Waals surface area contributed by atoms with Crippen LogP contribution in [0.5, 0.6) is 5.75 Å². The average molecular weight is 459 g/mol. The van der Waals surface area contributed by atoms with Crippen molar-refractivity contribution < 1.29 is 22.5 Å². The van der Waals surface area contributed by atoms with Gasteiger partial charge in [-0.15, -0.1) is 0 Å². The van der Waals surface area contributed by atoms with Gasteiger partial charge in [0, 0.05) is 3.57 Å². The Balaban J connectivity index is 2.42. The van der Waals surface area contributed by atoms with Gasteiger partial charge in [-0.25, -0.2) is 13.2 Å². The van der Waals surface area contributed by atoms with Crippen molar-refractivity contribution in [1.82, 2.24) is 0 Å². The molecule has 0 aliphatic carbocycles. The van der Waals surface area contributed by atoms with E-state index in [4.69, 9.17) is 4.74 Å². The quantitative estimate of drug-likeness (QED) is 0.300. The number of esters is 1. The van der Waals surface area contributed by atoms with E-state index in [-0.39, 0.29) is 16.6 Å². The summed E-state index contributed by atoms with van der Waals surface area (Å²) in [5.74, 6) is -0.503. The predicted molar refractivity (Wildman–Crippen MR) is 97.3 cm³/mol. The fourth-order valence-electron chi connectivity index (χ4n) is 2.20. The number of rotatable bonds is 4. The van der Waals surface area contributed by atoms with Crippen molar-refractivity contribution >= 4 is 38.7 Å². The molecule has 0 unspecified atom stereocenters. The Kier molecular flexibility index (Phi) is 5.67. The van der Waals surface area contributed by atoms with Crippen molar-refractivity contribution in [2.24, 2.45) is 0 Å². The van der Waals surface area contributed by atoms with Crippen LogP contribution in [-0.4, -0.2) is 18.9 Å². The van der Waals surface area contributed by atoms with Gasteiger partial charge < -0.3 is 9.29 Å². The lowest BCUT2D eigenvalue weighted by Gasteiger charge is -2.18. The molecule has 0 radical (unpaired) electrons. The Morgan fingerprint density at radius 2 is 1.75 bits per heavy atom. The number of ether oxygens (including phenoxy) is 1. The topological polar surface area (TPSA) is 83.5 Å². The first-order valence-electron chi connectivity index (χ1n) is 7.17. The van der Waals surface area contributed by atoms with E-state index in [0.717, 1.165) is 3.57 Å². The molecule has 0 fully saturated rings. The maximum atomic E-state index is 12.2. The maximum absolute atomic E-state index is 12.2. The number of hydrogen-bond donors (Lipinski definition) is 0.